The Bertz CT molecular complexity index is 534. The van der Waals surface area contributed by atoms with Gasteiger partial charge in [-0.05, 0) is 25.0 Å². The van der Waals surface area contributed by atoms with Gasteiger partial charge in [0.2, 0.25) is 11.8 Å². The molecule has 6 heteroatoms. The van der Waals surface area contributed by atoms with Gasteiger partial charge in [-0.1, -0.05) is 31.5 Å². The van der Waals surface area contributed by atoms with E-state index in [1.807, 2.05) is 13.8 Å². The normalized spacial score (nSPS) is 13.7. The maximum atomic E-state index is 14.0. The summed E-state index contributed by atoms with van der Waals surface area (Å²) in [4.78, 5) is 23.0. The van der Waals surface area contributed by atoms with Crippen molar-refractivity contribution in [1.82, 2.24) is 10.6 Å². The second-order valence-corrected chi connectivity index (χ2v) is 5.75. The average Bonchev–Trinajstić information content (AvgIpc) is 2.35. The minimum atomic E-state index is -0.681. The molecule has 0 radical (unpaired) electrons. The van der Waals surface area contributed by atoms with E-state index in [2.05, 4.69) is 10.6 Å². The molecule has 0 saturated carbocycles. The number of hydrogen-bond donors (Lipinski definition) is 2. The van der Waals surface area contributed by atoms with E-state index >= 15 is 0 Å². The van der Waals surface area contributed by atoms with Crippen LogP contribution in [0.4, 0.5) is 4.39 Å². The number of carbonyl (C=O) groups is 2. The molecule has 2 N–H and O–H groups in total. The van der Waals surface area contributed by atoms with Crippen LogP contribution in [0.2, 0.25) is 5.02 Å². The van der Waals surface area contributed by atoms with Gasteiger partial charge in [-0.3, -0.25) is 9.59 Å². The van der Waals surface area contributed by atoms with E-state index in [4.69, 9.17) is 11.6 Å². The quantitative estimate of drug-likeness (QED) is 0.878. The summed E-state index contributed by atoms with van der Waals surface area (Å²) in [5.74, 6) is -1.14. The van der Waals surface area contributed by atoms with Gasteiger partial charge < -0.3 is 10.6 Å². The van der Waals surface area contributed by atoms with Crippen LogP contribution < -0.4 is 10.6 Å². The highest BCUT2D eigenvalue weighted by Crippen LogP contribution is 2.26. The predicted octanol–water partition coefficient (Wildman–Crippen LogP) is 2.82. The van der Waals surface area contributed by atoms with Gasteiger partial charge in [0.05, 0.1) is 6.04 Å². The van der Waals surface area contributed by atoms with Crippen molar-refractivity contribution < 1.29 is 14.0 Å². The number of nitrogens with one attached hydrogen (secondary N) is 2. The first-order valence-electron chi connectivity index (χ1n) is 6.74. The second-order valence-electron chi connectivity index (χ2n) is 5.32. The summed E-state index contributed by atoms with van der Waals surface area (Å²) in [7, 11) is 0. The van der Waals surface area contributed by atoms with Gasteiger partial charge >= 0.3 is 0 Å². The number of halogens is 2. The lowest BCUT2D eigenvalue weighted by atomic mass is 9.95. The Morgan fingerprint density at radius 1 is 1.19 bits per heavy atom. The van der Waals surface area contributed by atoms with E-state index in [-0.39, 0.29) is 17.7 Å². The molecule has 1 aromatic carbocycles. The van der Waals surface area contributed by atoms with Crippen molar-refractivity contribution in [3.63, 3.8) is 0 Å². The molecule has 0 aromatic heterocycles. The zero-order valence-corrected chi connectivity index (χ0v) is 13.3. The van der Waals surface area contributed by atoms with Crippen LogP contribution >= 0.6 is 11.6 Å². The molecule has 0 saturated heterocycles. The monoisotopic (exact) mass is 314 g/mol. The average molecular weight is 315 g/mol. The molecule has 2 amide bonds. The lowest BCUT2D eigenvalue weighted by molar-refractivity contribution is -0.128. The van der Waals surface area contributed by atoms with Crippen LogP contribution in [0.15, 0.2) is 18.2 Å². The molecule has 116 valence electrons. The molecule has 0 unspecified atom stereocenters. The lowest BCUT2D eigenvalue weighted by Gasteiger charge is -2.25. The second kappa shape index (κ2) is 7.41. The van der Waals surface area contributed by atoms with Gasteiger partial charge in [-0.15, -0.1) is 0 Å². The van der Waals surface area contributed by atoms with Crippen LogP contribution in [0.1, 0.15) is 39.3 Å². The molecule has 0 aliphatic carbocycles. The van der Waals surface area contributed by atoms with E-state index < -0.39 is 17.9 Å². The standard InChI is InChI=1S/C15H20ClFN2O2/c1-8(2)14(12-6-5-11(16)7-13(12)17)19-15(21)9(3)18-10(4)20/h5-9,14H,1-4H3,(H,18,20)(H,19,21)/t9-,14-/m1/s1. The number of hydrogen-bond acceptors (Lipinski definition) is 2. The number of carbonyl (C=O) groups excluding carboxylic acids is 2. The van der Waals surface area contributed by atoms with E-state index in [1.54, 1.807) is 19.1 Å². The Labute approximate surface area is 129 Å². The predicted molar refractivity (Wildman–Crippen MR) is 80.4 cm³/mol. The molecule has 1 rings (SSSR count). The van der Waals surface area contributed by atoms with E-state index in [9.17, 15) is 14.0 Å². The maximum Gasteiger partial charge on any atom is 0.242 e. The summed E-state index contributed by atoms with van der Waals surface area (Å²) in [6.45, 7) is 6.67. The van der Waals surface area contributed by atoms with Gasteiger partial charge in [0.1, 0.15) is 11.9 Å². The zero-order chi connectivity index (χ0) is 16.2. The molecule has 0 heterocycles. The Morgan fingerprint density at radius 2 is 1.81 bits per heavy atom. The lowest BCUT2D eigenvalue weighted by Crippen LogP contribution is -2.46. The molecule has 0 aliphatic rings. The third-order valence-corrected chi connectivity index (χ3v) is 3.31. The summed E-state index contributed by atoms with van der Waals surface area (Å²) in [5, 5.41) is 5.56. The minimum Gasteiger partial charge on any atom is -0.347 e. The first-order chi connectivity index (χ1) is 9.72. The molecular formula is C15H20ClFN2O2. The van der Waals surface area contributed by atoms with Crippen LogP contribution in [0.3, 0.4) is 0 Å². The van der Waals surface area contributed by atoms with E-state index in [1.165, 1.54) is 13.0 Å². The Balaban J connectivity index is 2.93. The topological polar surface area (TPSA) is 58.2 Å². The summed E-state index contributed by atoms with van der Waals surface area (Å²) >= 11 is 5.74. The van der Waals surface area contributed by atoms with Crippen molar-refractivity contribution in [2.45, 2.75) is 39.8 Å². The van der Waals surface area contributed by atoms with E-state index in [0.29, 0.717) is 10.6 Å². The zero-order valence-electron chi connectivity index (χ0n) is 12.5. The molecule has 21 heavy (non-hydrogen) atoms. The Kier molecular flexibility index (Phi) is 6.15. The van der Waals surface area contributed by atoms with Gasteiger partial charge in [0.25, 0.3) is 0 Å². The summed E-state index contributed by atoms with van der Waals surface area (Å²) in [6, 6.07) is 3.19. The highest BCUT2D eigenvalue weighted by molar-refractivity contribution is 6.30. The van der Waals surface area contributed by atoms with Crippen LogP contribution in [0.5, 0.6) is 0 Å². The third-order valence-electron chi connectivity index (χ3n) is 3.08. The van der Waals surface area contributed by atoms with Crippen molar-refractivity contribution in [3.8, 4) is 0 Å². The maximum absolute atomic E-state index is 14.0. The first kappa shape index (κ1) is 17.4. The first-order valence-corrected chi connectivity index (χ1v) is 7.12. The molecule has 0 bridgehead atoms. The molecule has 0 aliphatic heterocycles. The molecule has 2 atom stereocenters. The molecule has 0 spiro atoms. The van der Waals surface area contributed by atoms with Crippen LogP contribution in [-0.4, -0.2) is 17.9 Å². The van der Waals surface area contributed by atoms with E-state index in [0.717, 1.165) is 0 Å². The molecule has 1 aromatic rings. The molecular weight excluding hydrogens is 295 g/mol. The van der Waals surface area contributed by atoms with Gasteiger partial charge in [-0.25, -0.2) is 4.39 Å². The van der Waals surface area contributed by atoms with Gasteiger partial charge in [0.15, 0.2) is 0 Å². The fourth-order valence-electron chi connectivity index (χ4n) is 2.01. The minimum absolute atomic E-state index is 0.0193. The SMILES string of the molecule is CC(=O)N[C@H](C)C(=O)N[C@@H](c1ccc(Cl)cc1F)C(C)C. The Hall–Kier alpha value is -1.62. The highest BCUT2D eigenvalue weighted by Gasteiger charge is 2.24. The van der Waals surface area contributed by atoms with Gasteiger partial charge in [-0.2, -0.15) is 0 Å². The fourth-order valence-corrected chi connectivity index (χ4v) is 2.16. The largest absolute Gasteiger partial charge is 0.347 e. The van der Waals surface area contributed by atoms with Crippen LogP contribution in [-0.2, 0) is 9.59 Å². The summed E-state index contributed by atoms with van der Waals surface area (Å²) in [6.07, 6.45) is 0. The van der Waals surface area contributed by atoms with Crippen molar-refractivity contribution in [2.24, 2.45) is 5.92 Å². The summed E-state index contributed by atoms with van der Waals surface area (Å²) in [5.41, 5.74) is 0.373. The summed E-state index contributed by atoms with van der Waals surface area (Å²) < 4.78 is 14.0. The highest BCUT2D eigenvalue weighted by atomic mass is 35.5. The van der Waals surface area contributed by atoms with Crippen molar-refractivity contribution in [1.29, 1.82) is 0 Å². The Morgan fingerprint density at radius 3 is 2.29 bits per heavy atom. The van der Waals surface area contributed by atoms with Crippen molar-refractivity contribution in [2.75, 3.05) is 0 Å². The van der Waals surface area contributed by atoms with Crippen molar-refractivity contribution in [3.05, 3.63) is 34.6 Å². The van der Waals surface area contributed by atoms with Crippen LogP contribution in [0, 0.1) is 11.7 Å². The number of amides is 2. The molecule has 0 fully saturated rings. The molecule has 4 nitrogen and oxygen atoms in total. The third kappa shape index (κ3) is 5.01. The van der Waals surface area contributed by atoms with Gasteiger partial charge in [0, 0.05) is 17.5 Å². The van der Waals surface area contributed by atoms with Crippen molar-refractivity contribution >= 4 is 23.4 Å². The fraction of sp³-hybridized carbons (Fsp3) is 0.467. The smallest absolute Gasteiger partial charge is 0.242 e. The number of rotatable bonds is 5. The van der Waals surface area contributed by atoms with Crippen LogP contribution in [0.25, 0.3) is 0 Å². The number of benzene rings is 1.